The summed E-state index contributed by atoms with van der Waals surface area (Å²) in [4.78, 5) is 0. The first-order valence-electron chi connectivity index (χ1n) is 2.89. The predicted octanol–water partition coefficient (Wildman–Crippen LogP) is 3.01. The van der Waals surface area contributed by atoms with Crippen LogP contribution in [0.4, 0.5) is 0 Å². The lowest BCUT2D eigenvalue weighted by atomic mass is 10.3. The normalized spacial score (nSPS) is 10.2. The third-order valence-electron chi connectivity index (χ3n) is 1.36. The van der Waals surface area contributed by atoms with E-state index < -0.39 is 0 Å². The fourth-order valence-electron chi connectivity index (χ4n) is 0.906. The molecule has 0 saturated heterocycles. The maximum absolute atomic E-state index is 2.14. The van der Waals surface area contributed by atoms with Gasteiger partial charge < -0.3 is 0 Å². The first-order valence-corrected chi connectivity index (χ1v) is 3.77. The molecular weight excluding hydrogens is 128 g/mol. The summed E-state index contributed by atoms with van der Waals surface area (Å²) in [5, 5.41) is 3.47. The summed E-state index contributed by atoms with van der Waals surface area (Å²) in [7, 11) is 0. The van der Waals surface area contributed by atoms with E-state index in [1.807, 2.05) is 0 Å². The number of rotatable bonds is 0. The van der Waals surface area contributed by atoms with Gasteiger partial charge in [-0.15, -0.1) is 11.3 Å². The fraction of sp³-hybridized carbons (Fsp3) is 0. The average molecular weight is 135 g/mol. The van der Waals surface area contributed by atoms with Gasteiger partial charge in [-0.2, -0.15) is 0 Å². The van der Waals surface area contributed by atoms with Crippen molar-refractivity contribution in [3.63, 3.8) is 0 Å². The van der Waals surface area contributed by atoms with Gasteiger partial charge in [0.05, 0.1) is 0 Å². The van der Waals surface area contributed by atoms with Crippen LogP contribution < -0.4 is 0 Å². The van der Waals surface area contributed by atoms with Crippen molar-refractivity contribution in [1.29, 1.82) is 0 Å². The smallest absolute Gasteiger partial charge is 0.144 e. The van der Waals surface area contributed by atoms with E-state index >= 15 is 0 Å². The molecule has 0 N–H and O–H groups in total. The average Bonchev–Trinajstić information content (AvgIpc) is 2.33. The van der Waals surface area contributed by atoms with Gasteiger partial charge in [0.15, 0.2) is 0 Å². The molecule has 0 radical (unpaired) electrons. The third kappa shape index (κ3) is 0.736. The van der Waals surface area contributed by atoms with Crippen molar-refractivity contribution in [2.75, 3.05) is 0 Å². The molecule has 44 valence electrons. The molecule has 0 unspecified atom stereocenters. The number of hydrogen-bond acceptors (Lipinski definition) is 1. The topological polar surface area (TPSA) is 0 Å². The van der Waals surface area contributed by atoms with Crippen LogP contribution in [-0.2, 0) is 0 Å². The Morgan fingerprint density at radius 1 is 1.11 bits per heavy atom. The third-order valence-corrected chi connectivity index (χ3v) is 2.26. The zero-order chi connectivity index (χ0) is 6.10. The highest BCUT2D eigenvalue weighted by Gasteiger charge is 1.87. The van der Waals surface area contributed by atoms with Crippen LogP contribution >= 0.6 is 11.3 Å². The summed E-state index contributed by atoms with van der Waals surface area (Å²) < 4.78 is 1.37. The molecule has 1 heterocycles. The molecule has 0 aliphatic carbocycles. The number of hydrogen-bond donors (Lipinski definition) is 0. The van der Waals surface area contributed by atoms with E-state index in [0.717, 1.165) is 0 Å². The zero-order valence-corrected chi connectivity index (χ0v) is 5.69. The molecule has 0 spiro atoms. The summed E-state index contributed by atoms with van der Waals surface area (Å²) >= 11 is 1.79. The van der Waals surface area contributed by atoms with Crippen LogP contribution in [0.2, 0.25) is 0 Å². The van der Waals surface area contributed by atoms with Gasteiger partial charge >= 0.3 is 1.43 Å². The maximum Gasteiger partial charge on any atom is 1.00 e. The van der Waals surface area contributed by atoms with Gasteiger partial charge in [-0.3, -0.25) is 0 Å². The van der Waals surface area contributed by atoms with Gasteiger partial charge in [0.25, 0.3) is 0 Å². The van der Waals surface area contributed by atoms with Crippen molar-refractivity contribution in [2.45, 2.75) is 0 Å². The summed E-state index contributed by atoms with van der Waals surface area (Å²) in [5.74, 6) is 0. The monoisotopic (exact) mass is 135 g/mol. The summed E-state index contributed by atoms with van der Waals surface area (Å²) in [6.45, 7) is 0. The highest BCUT2D eigenvalue weighted by Crippen LogP contribution is 2.18. The van der Waals surface area contributed by atoms with Gasteiger partial charge in [-0.25, -0.2) is 0 Å². The Morgan fingerprint density at radius 3 is 2.89 bits per heavy atom. The Labute approximate surface area is 59.2 Å². The van der Waals surface area contributed by atoms with Crippen LogP contribution in [0, 0.1) is 0 Å². The van der Waals surface area contributed by atoms with Gasteiger partial charge in [-0.1, -0.05) is 18.2 Å². The van der Waals surface area contributed by atoms with Gasteiger partial charge in [0.2, 0.25) is 0 Å². The first kappa shape index (κ1) is 5.00. The lowest BCUT2D eigenvalue weighted by molar-refractivity contribution is 1.86. The first-order chi connectivity index (χ1) is 4.47. The lowest BCUT2D eigenvalue weighted by Crippen LogP contribution is -1.56. The Kier molecular flexibility index (Phi) is 1.03. The van der Waals surface area contributed by atoms with E-state index in [-0.39, 0.29) is 1.43 Å². The molecule has 0 aliphatic heterocycles. The molecule has 0 saturated carbocycles. The van der Waals surface area contributed by atoms with Crippen LogP contribution in [0.3, 0.4) is 0 Å². The van der Waals surface area contributed by atoms with Crippen LogP contribution in [0.1, 0.15) is 1.43 Å². The second-order valence-electron chi connectivity index (χ2n) is 1.96. The molecule has 1 heteroatoms. The molecule has 0 bridgehead atoms. The molecule has 0 fully saturated rings. The number of fused-ring (bicyclic) bond motifs is 1. The molecule has 2 aromatic rings. The van der Waals surface area contributed by atoms with Crippen LogP contribution in [-0.4, -0.2) is 0 Å². The Hall–Kier alpha value is -0.820. The minimum atomic E-state index is 0. The van der Waals surface area contributed by atoms with E-state index in [2.05, 4.69) is 35.7 Å². The van der Waals surface area contributed by atoms with Crippen molar-refractivity contribution in [1.82, 2.24) is 0 Å². The summed E-state index contributed by atoms with van der Waals surface area (Å²) in [6.07, 6.45) is 0. The van der Waals surface area contributed by atoms with Crippen molar-refractivity contribution < 1.29 is 1.43 Å². The van der Waals surface area contributed by atoms with E-state index in [1.165, 1.54) is 10.1 Å². The van der Waals surface area contributed by atoms with E-state index in [1.54, 1.807) is 11.3 Å². The van der Waals surface area contributed by atoms with Crippen molar-refractivity contribution in [3.05, 3.63) is 35.7 Å². The molecule has 0 aliphatic rings. The number of benzene rings is 1. The molecule has 0 atom stereocenters. The molecule has 0 amide bonds. The van der Waals surface area contributed by atoms with Crippen LogP contribution in [0.25, 0.3) is 10.1 Å². The SMILES string of the molecule is [H+].c1ccc2sccc2c1. The molecule has 1 aromatic carbocycles. The molecule has 9 heavy (non-hydrogen) atoms. The van der Waals surface area contributed by atoms with E-state index in [4.69, 9.17) is 0 Å². The standard InChI is InChI=1S/C8H6S/c1-2-4-8-7(3-1)5-6-9-8/h1-6H/p+1. The predicted molar refractivity (Wildman–Crippen MR) is 42.9 cm³/mol. The summed E-state index contributed by atoms with van der Waals surface area (Å²) in [6, 6.07) is 10.5. The molecule has 1 aromatic heterocycles. The van der Waals surface area contributed by atoms with Crippen molar-refractivity contribution in [3.8, 4) is 0 Å². The Bertz CT molecular complexity index is 283. The zero-order valence-electron chi connectivity index (χ0n) is 5.87. The van der Waals surface area contributed by atoms with Gasteiger partial charge in [0, 0.05) is 4.70 Å². The van der Waals surface area contributed by atoms with Crippen LogP contribution in [0.5, 0.6) is 0 Å². The minimum absolute atomic E-state index is 0. The quantitative estimate of drug-likeness (QED) is 0.521. The second-order valence-corrected chi connectivity index (χ2v) is 2.91. The second kappa shape index (κ2) is 1.85. The molecular formula is C8H7S+. The minimum Gasteiger partial charge on any atom is -0.144 e. The van der Waals surface area contributed by atoms with Gasteiger partial charge in [0.1, 0.15) is 0 Å². The van der Waals surface area contributed by atoms with Crippen LogP contribution in [0.15, 0.2) is 35.7 Å². The van der Waals surface area contributed by atoms with E-state index in [9.17, 15) is 0 Å². The highest BCUT2D eigenvalue weighted by molar-refractivity contribution is 7.17. The van der Waals surface area contributed by atoms with Crippen molar-refractivity contribution >= 4 is 21.4 Å². The lowest BCUT2D eigenvalue weighted by Gasteiger charge is -1.82. The number of thiophene rings is 1. The highest BCUT2D eigenvalue weighted by atomic mass is 32.1. The molecule has 2 rings (SSSR count). The Morgan fingerprint density at radius 2 is 2.00 bits per heavy atom. The maximum atomic E-state index is 2.14. The van der Waals surface area contributed by atoms with E-state index in [0.29, 0.717) is 0 Å². The van der Waals surface area contributed by atoms with Crippen molar-refractivity contribution in [2.24, 2.45) is 0 Å². The summed E-state index contributed by atoms with van der Waals surface area (Å²) in [5.41, 5.74) is 0. The van der Waals surface area contributed by atoms with Gasteiger partial charge in [-0.05, 0) is 22.9 Å². The fourth-order valence-corrected chi connectivity index (χ4v) is 1.70. The molecule has 0 nitrogen and oxygen atoms in total. The Balaban J connectivity index is 0.000000500. The largest absolute Gasteiger partial charge is 1.00 e.